The van der Waals surface area contributed by atoms with E-state index in [4.69, 9.17) is 9.47 Å². The van der Waals surface area contributed by atoms with Crippen LogP contribution in [0.5, 0.6) is 11.5 Å². The average molecular weight is 426 g/mol. The fourth-order valence-electron chi connectivity index (χ4n) is 3.49. The van der Waals surface area contributed by atoms with Gasteiger partial charge in [-0.05, 0) is 19.9 Å². The molecule has 31 heavy (non-hydrogen) atoms. The van der Waals surface area contributed by atoms with Crippen molar-refractivity contribution in [2.24, 2.45) is 0 Å². The molecule has 0 bridgehead atoms. The van der Waals surface area contributed by atoms with Gasteiger partial charge in [-0.25, -0.2) is 0 Å². The minimum Gasteiger partial charge on any atom is -0.497 e. The molecule has 2 N–H and O–H groups in total. The van der Waals surface area contributed by atoms with Crippen molar-refractivity contribution in [1.29, 1.82) is 0 Å². The first kappa shape index (κ1) is 22.3. The highest BCUT2D eigenvalue weighted by Crippen LogP contribution is 2.24. The number of quaternary nitrogens is 1. The highest BCUT2D eigenvalue weighted by Gasteiger charge is 2.18. The monoisotopic (exact) mass is 425 g/mol. The maximum Gasteiger partial charge on any atom is 0.279 e. The van der Waals surface area contributed by atoms with Gasteiger partial charge in [-0.2, -0.15) is 9.78 Å². The highest BCUT2D eigenvalue weighted by molar-refractivity contribution is 6.04. The Morgan fingerprint density at radius 2 is 1.65 bits per heavy atom. The standard InChI is InChI=1S/C23H28N4O4/c1-5-26(6-2)12-11-24-22(28)21-19-9-7-8-10-20(19)23(29)27(25-21)16-13-17(30-3)15-18(14-16)31-4/h7-10,13-15H,5-6,11-12H2,1-4H3,(H,24,28)/p+1. The van der Waals surface area contributed by atoms with Gasteiger partial charge in [0.15, 0.2) is 5.69 Å². The van der Waals surface area contributed by atoms with Crippen molar-refractivity contribution in [1.82, 2.24) is 15.1 Å². The molecular weight excluding hydrogens is 396 g/mol. The van der Waals surface area contributed by atoms with E-state index in [1.165, 1.54) is 23.8 Å². The van der Waals surface area contributed by atoms with Gasteiger partial charge in [0, 0.05) is 23.6 Å². The molecule has 1 amide bonds. The third-order valence-electron chi connectivity index (χ3n) is 5.36. The minimum atomic E-state index is -0.324. The van der Waals surface area contributed by atoms with Gasteiger partial charge in [0.1, 0.15) is 11.5 Å². The van der Waals surface area contributed by atoms with Gasteiger partial charge in [-0.1, -0.05) is 18.2 Å². The number of benzene rings is 2. The van der Waals surface area contributed by atoms with Crippen LogP contribution >= 0.6 is 0 Å². The second kappa shape index (κ2) is 10.1. The second-order valence-corrected chi connectivity index (χ2v) is 7.15. The molecule has 0 radical (unpaired) electrons. The van der Waals surface area contributed by atoms with Crippen molar-refractivity contribution >= 4 is 16.7 Å². The van der Waals surface area contributed by atoms with E-state index < -0.39 is 0 Å². The smallest absolute Gasteiger partial charge is 0.279 e. The molecule has 164 valence electrons. The van der Waals surface area contributed by atoms with Crippen LogP contribution in [0.3, 0.4) is 0 Å². The summed E-state index contributed by atoms with van der Waals surface area (Å²) in [4.78, 5) is 27.6. The molecule has 3 rings (SSSR count). The number of fused-ring (bicyclic) bond motifs is 1. The zero-order chi connectivity index (χ0) is 22.4. The van der Waals surface area contributed by atoms with Crippen molar-refractivity contribution < 1.29 is 19.2 Å². The van der Waals surface area contributed by atoms with Gasteiger partial charge in [-0.15, -0.1) is 0 Å². The summed E-state index contributed by atoms with van der Waals surface area (Å²) < 4.78 is 11.9. The van der Waals surface area contributed by atoms with Crippen LogP contribution < -0.4 is 25.2 Å². The van der Waals surface area contributed by atoms with Crippen LogP contribution in [0.15, 0.2) is 47.3 Å². The summed E-state index contributed by atoms with van der Waals surface area (Å²) in [5.41, 5.74) is 0.329. The zero-order valence-electron chi connectivity index (χ0n) is 18.4. The predicted molar refractivity (Wildman–Crippen MR) is 120 cm³/mol. The summed E-state index contributed by atoms with van der Waals surface area (Å²) >= 11 is 0. The van der Waals surface area contributed by atoms with Crippen molar-refractivity contribution in [3.63, 3.8) is 0 Å². The maximum atomic E-state index is 13.2. The number of methoxy groups -OCH3 is 2. The molecule has 0 aliphatic carbocycles. The van der Waals surface area contributed by atoms with Gasteiger partial charge in [0.25, 0.3) is 11.5 Å². The maximum absolute atomic E-state index is 13.2. The van der Waals surface area contributed by atoms with Gasteiger partial charge in [-0.3, -0.25) is 9.59 Å². The van der Waals surface area contributed by atoms with Crippen LogP contribution in [0.2, 0.25) is 0 Å². The average Bonchev–Trinajstić information content (AvgIpc) is 2.81. The van der Waals surface area contributed by atoms with E-state index in [0.717, 1.165) is 19.6 Å². The fraction of sp³-hybridized carbons (Fsp3) is 0.348. The third kappa shape index (κ3) is 4.86. The lowest BCUT2D eigenvalue weighted by molar-refractivity contribution is -0.895. The minimum absolute atomic E-state index is 0.200. The molecule has 1 heterocycles. The number of nitrogens with zero attached hydrogens (tertiary/aromatic N) is 2. The van der Waals surface area contributed by atoms with E-state index in [9.17, 15) is 9.59 Å². The first-order chi connectivity index (χ1) is 15.0. The van der Waals surface area contributed by atoms with Gasteiger partial charge < -0.3 is 19.7 Å². The molecule has 0 aliphatic rings. The molecule has 2 aromatic carbocycles. The zero-order valence-corrected chi connectivity index (χ0v) is 18.4. The van der Waals surface area contributed by atoms with Gasteiger partial charge in [0.05, 0.1) is 51.5 Å². The Morgan fingerprint density at radius 1 is 1.03 bits per heavy atom. The van der Waals surface area contributed by atoms with E-state index in [1.807, 2.05) is 0 Å². The lowest BCUT2D eigenvalue weighted by Gasteiger charge is -2.16. The van der Waals surface area contributed by atoms with Crippen molar-refractivity contribution in [3.05, 3.63) is 58.5 Å². The topological polar surface area (TPSA) is 86.9 Å². The van der Waals surface area contributed by atoms with Crippen LogP contribution in [-0.4, -0.2) is 56.1 Å². The third-order valence-corrected chi connectivity index (χ3v) is 5.36. The number of rotatable bonds is 9. The Morgan fingerprint density at radius 3 is 2.23 bits per heavy atom. The van der Waals surface area contributed by atoms with E-state index in [1.54, 1.807) is 42.5 Å². The van der Waals surface area contributed by atoms with Crippen molar-refractivity contribution in [3.8, 4) is 17.2 Å². The molecule has 0 spiro atoms. The number of carbonyl (C=O) groups is 1. The van der Waals surface area contributed by atoms with E-state index >= 15 is 0 Å². The van der Waals surface area contributed by atoms with E-state index in [2.05, 4.69) is 24.3 Å². The number of carbonyl (C=O) groups excluding carboxylic acids is 1. The molecule has 0 unspecified atom stereocenters. The molecule has 0 fully saturated rings. The second-order valence-electron chi connectivity index (χ2n) is 7.15. The Kier molecular flexibility index (Phi) is 7.25. The van der Waals surface area contributed by atoms with Gasteiger partial charge >= 0.3 is 0 Å². The molecule has 3 aromatic rings. The summed E-state index contributed by atoms with van der Waals surface area (Å²) in [5.74, 6) is 0.722. The summed E-state index contributed by atoms with van der Waals surface area (Å²) in [6.45, 7) is 7.58. The number of hydrogen-bond donors (Lipinski definition) is 2. The lowest BCUT2D eigenvalue weighted by Crippen LogP contribution is -3.12. The van der Waals surface area contributed by atoms with Gasteiger partial charge in [0.2, 0.25) is 0 Å². The summed E-state index contributed by atoms with van der Waals surface area (Å²) in [6.07, 6.45) is 0. The number of likely N-dealkylation sites (N-methyl/N-ethyl adjacent to an activating group) is 1. The lowest BCUT2D eigenvalue weighted by atomic mass is 10.1. The molecule has 1 aromatic heterocycles. The first-order valence-corrected chi connectivity index (χ1v) is 10.4. The number of hydrogen-bond acceptors (Lipinski definition) is 5. The normalized spacial score (nSPS) is 11.0. The SMILES string of the molecule is CC[NH+](CC)CCNC(=O)c1nn(-c2cc(OC)cc(OC)c2)c(=O)c2ccccc12. The molecule has 0 saturated heterocycles. The molecule has 8 heteroatoms. The van der Waals surface area contributed by atoms with Crippen LogP contribution in [0.25, 0.3) is 16.5 Å². The Bertz CT molecular complexity index is 1100. The highest BCUT2D eigenvalue weighted by atomic mass is 16.5. The number of ether oxygens (including phenoxy) is 2. The van der Waals surface area contributed by atoms with Crippen LogP contribution in [0.4, 0.5) is 0 Å². The molecule has 0 aliphatic heterocycles. The Balaban J connectivity index is 2.06. The molecule has 0 atom stereocenters. The first-order valence-electron chi connectivity index (χ1n) is 10.4. The molecule has 0 saturated carbocycles. The summed E-state index contributed by atoms with van der Waals surface area (Å²) in [5, 5.41) is 8.32. The molecule has 8 nitrogen and oxygen atoms in total. The number of nitrogens with one attached hydrogen (secondary N) is 2. The van der Waals surface area contributed by atoms with Crippen LogP contribution in [-0.2, 0) is 0 Å². The van der Waals surface area contributed by atoms with Crippen molar-refractivity contribution in [2.45, 2.75) is 13.8 Å². The van der Waals surface area contributed by atoms with Crippen LogP contribution in [0.1, 0.15) is 24.3 Å². The van der Waals surface area contributed by atoms with E-state index in [0.29, 0.717) is 34.5 Å². The summed E-state index contributed by atoms with van der Waals surface area (Å²) in [7, 11) is 3.07. The Hall–Kier alpha value is -3.39. The van der Waals surface area contributed by atoms with Crippen LogP contribution in [0, 0.1) is 0 Å². The van der Waals surface area contributed by atoms with E-state index in [-0.39, 0.29) is 17.2 Å². The predicted octanol–water partition coefficient (Wildman–Crippen LogP) is 1.06. The number of aromatic nitrogens is 2. The summed E-state index contributed by atoms with van der Waals surface area (Å²) in [6, 6.07) is 12.1. The number of amides is 1. The quantitative estimate of drug-likeness (QED) is 0.535. The van der Waals surface area contributed by atoms with Crippen molar-refractivity contribution in [2.75, 3.05) is 40.4 Å². The largest absolute Gasteiger partial charge is 0.497 e. The molecular formula is C23H29N4O4+. The Labute approximate surface area is 181 Å². The fourth-order valence-corrected chi connectivity index (χ4v) is 3.49.